The minimum absolute atomic E-state index is 0.120. The zero-order chi connectivity index (χ0) is 19.5. The number of hydrogen-bond acceptors (Lipinski definition) is 6. The van der Waals surface area contributed by atoms with Crippen LogP contribution in [0, 0.1) is 0 Å². The third-order valence-corrected chi connectivity index (χ3v) is 6.84. The van der Waals surface area contributed by atoms with E-state index in [1.165, 1.54) is 0 Å². The molecule has 0 bridgehead atoms. The number of carbonyl (C=O) groups excluding carboxylic acids is 2. The van der Waals surface area contributed by atoms with Crippen molar-refractivity contribution in [3.05, 3.63) is 24.3 Å². The Morgan fingerprint density at radius 1 is 1.15 bits per heavy atom. The molecule has 0 radical (unpaired) electrons. The summed E-state index contributed by atoms with van der Waals surface area (Å²) in [5, 5.41) is 0. The van der Waals surface area contributed by atoms with Crippen molar-refractivity contribution >= 4 is 27.5 Å². The number of benzene rings is 1. The standard InChI is InChI=1S/C19H26N2O5S/c1-2-26-18(23)19(11-3-4-12-19)20-27(24,25)17-7-5-15(6-8-17)21-13-9-16(22)10-14-21/h5-8,20H,2-4,9-14H2,1H3. The third-order valence-electron chi connectivity index (χ3n) is 5.29. The Hall–Kier alpha value is -1.93. The van der Waals surface area contributed by atoms with Crippen molar-refractivity contribution in [1.82, 2.24) is 4.72 Å². The zero-order valence-corrected chi connectivity index (χ0v) is 16.4. The van der Waals surface area contributed by atoms with Gasteiger partial charge in [-0.15, -0.1) is 0 Å². The molecule has 27 heavy (non-hydrogen) atoms. The van der Waals surface area contributed by atoms with Crippen molar-refractivity contribution in [1.29, 1.82) is 0 Å². The van der Waals surface area contributed by atoms with Crippen LogP contribution in [0.1, 0.15) is 45.4 Å². The SMILES string of the molecule is CCOC(=O)C1(NS(=O)(=O)c2ccc(N3CCC(=O)CC3)cc2)CCCC1. The number of piperidine rings is 1. The Bertz CT molecular complexity index is 788. The van der Waals surface area contributed by atoms with Gasteiger partial charge in [-0.3, -0.25) is 9.59 Å². The van der Waals surface area contributed by atoms with Crippen LogP contribution >= 0.6 is 0 Å². The van der Waals surface area contributed by atoms with E-state index in [-0.39, 0.29) is 17.3 Å². The molecule has 1 aromatic rings. The molecule has 1 saturated carbocycles. The molecular formula is C19H26N2O5S. The van der Waals surface area contributed by atoms with Gasteiger partial charge in [0.25, 0.3) is 0 Å². The van der Waals surface area contributed by atoms with Crippen molar-refractivity contribution in [2.45, 2.75) is 55.9 Å². The largest absolute Gasteiger partial charge is 0.465 e. The monoisotopic (exact) mass is 394 g/mol. The number of carbonyl (C=O) groups is 2. The molecule has 2 aliphatic rings. The van der Waals surface area contributed by atoms with E-state index in [4.69, 9.17) is 4.74 Å². The first-order valence-electron chi connectivity index (χ1n) is 9.44. The van der Waals surface area contributed by atoms with Gasteiger partial charge in [-0.1, -0.05) is 12.8 Å². The van der Waals surface area contributed by atoms with Crippen LogP contribution in [0.4, 0.5) is 5.69 Å². The maximum atomic E-state index is 12.9. The highest BCUT2D eigenvalue weighted by Crippen LogP contribution is 2.33. The summed E-state index contributed by atoms with van der Waals surface area (Å²) in [5.41, 5.74) is -0.275. The van der Waals surface area contributed by atoms with Crippen LogP contribution in [-0.2, 0) is 24.3 Å². The Morgan fingerprint density at radius 3 is 2.30 bits per heavy atom. The molecule has 0 atom stereocenters. The maximum Gasteiger partial charge on any atom is 0.327 e. The summed E-state index contributed by atoms with van der Waals surface area (Å²) < 4.78 is 33.4. The number of esters is 1. The molecule has 1 N–H and O–H groups in total. The average molecular weight is 394 g/mol. The highest BCUT2D eigenvalue weighted by molar-refractivity contribution is 7.89. The van der Waals surface area contributed by atoms with Gasteiger partial charge in [0.05, 0.1) is 11.5 Å². The van der Waals surface area contributed by atoms with Crippen LogP contribution in [0.5, 0.6) is 0 Å². The number of anilines is 1. The van der Waals surface area contributed by atoms with Gasteiger partial charge in [-0.2, -0.15) is 4.72 Å². The zero-order valence-electron chi connectivity index (χ0n) is 15.6. The number of Topliss-reactive ketones (excluding diaryl/α,β-unsaturated/α-hetero) is 1. The summed E-state index contributed by atoms with van der Waals surface area (Å²) in [6.45, 7) is 3.22. The van der Waals surface area contributed by atoms with Crippen molar-refractivity contribution < 1.29 is 22.7 Å². The first-order valence-corrected chi connectivity index (χ1v) is 10.9. The minimum Gasteiger partial charge on any atom is -0.465 e. The summed E-state index contributed by atoms with van der Waals surface area (Å²) in [6.07, 6.45) is 3.51. The summed E-state index contributed by atoms with van der Waals surface area (Å²) >= 11 is 0. The lowest BCUT2D eigenvalue weighted by atomic mass is 10.00. The average Bonchev–Trinajstić information content (AvgIpc) is 3.12. The van der Waals surface area contributed by atoms with E-state index in [9.17, 15) is 18.0 Å². The predicted octanol–water partition coefficient (Wildman–Crippen LogP) is 2.01. The summed E-state index contributed by atoms with van der Waals surface area (Å²) in [4.78, 5) is 25.9. The van der Waals surface area contributed by atoms with Crippen molar-refractivity contribution in [3.8, 4) is 0 Å². The lowest BCUT2D eigenvalue weighted by Crippen LogP contribution is -2.53. The fraction of sp³-hybridized carbons (Fsp3) is 0.579. The number of nitrogens with one attached hydrogen (secondary N) is 1. The summed E-state index contributed by atoms with van der Waals surface area (Å²) in [6, 6.07) is 6.58. The molecule has 0 unspecified atom stereocenters. The third kappa shape index (κ3) is 4.32. The Labute approximate surface area is 160 Å². The molecule has 0 spiro atoms. The number of ether oxygens (including phenoxy) is 1. The molecule has 1 aromatic carbocycles. The number of hydrogen-bond donors (Lipinski definition) is 1. The van der Waals surface area contributed by atoms with Gasteiger partial charge in [0.15, 0.2) is 0 Å². The van der Waals surface area contributed by atoms with Crippen LogP contribution in [0.2, 0.25) is 0 Å². The molecule has 1 heterocycles. The van der Waals surface area contributed by atoms with E-state index in [0.29, 0.717) is 38.8 Å². The minimum atomic E-state index is -3.85. The first-order chi connectivity index (χ1) is 12.9. The Kier molecular flexibility index (Phi) is 5.86. The number of sulfonamides is 1. The van der Waals surface area contributed by atoms with Gasteiger partial charge in [0.2, 0.25) is 10.0 Å². The fourth-order valence-electron chi connectivity index (χ4n) is 3.76. The smallest absolute Gasteiger partial charge is 0.327 e. The molecule has 148 valence electrons. The fourth-order valence-corrected chi connectivity index (χ4v) is 5.18. The molecule has 1 aliphatic heterocycles. The highest BCUT2D eigenvalue weighted by atomic mass is 32.2. The van der Waals surface area contributed by atoms with Crippen molar-refractivity contribution in [3.63, 3.8) is 0 Å². The Morgan fingerprint density at radius 2 is 1.74 bits per heavy atom. The van der Waals surface area contributed by atoms with Crippen molar-refractivity contribution in [2.24, 2.45) is 0 Å². The number of ketones is 1. The van der Waals surface area contributed by atoms with Gasteiger partial charge in [0, 0.05) is 31.6 Å². The first kappa shape index (κ1) is 19.8. The molecule has 0 amide bonds. The van der Waals surface area contributed by atoms with Gasteiger partial charge >= 0.3 is 5.97 Å². The van der Waals surface area contributed by atoms with E-state index in [2.05, 4.69) is 9.62 Å². The predicted molar refractivity (Wildman–Crippen MR) is 101 cm³/mol. The molecule has 3 rings (SSSR count). The highest BCUT2D eigenvalue weighted by Gasteiger charge is 2.45. The number of nitrogens with zero attached hydrogens (tertiary/aromatic N) is 1. The van der Waals surface area contributed by atoms with E-state index in [1.807, 2.05) is 0 Å². The van der Waals surface area contributed by atoms with Crippen LogP contribution < -0.4 is 9.62 Å². The summed E-state index contributed by atoms with van der Waals surface area (Å²) in [7, 11) is -3.85. The second kappa shape index (κ2) is 7.98. The molecule has 2 fully saturated rings. The van der Waals surface area contributed by atoms with Crippen LogP contribution in [0.25, 0.3) is 0 Å². The molecule has 0 aromatic heterocycles. The van der Waals surface area contributed by atoms with Gasteiger partial charge in [-0.25, -0.2) is 8.42 Å². The van der Waals surface area contributed by atoms with E-state index >= 15 is 0 Å². The quantitative estimate of drug-likeness (QED) is 0.742. The van der Waals surface area contributed by atoms with Crippen LogP contribution in [-0.4, -0.2) is 45.4 Å². The number of rotatable bonds is 6. The Balaban J connectivity index is 1.76. The molecular weight excluding hydrogens is 368 g/mol. The molecule has 8 heteroatoms. The van der Waals surface area contributed by atoms with E-state index in [0.717, 1.165) is 18.5 Å². The topological polar surface area (TPSA) is 92.8 Å². The van der Waals surface area contributed by atoms with Gasteiger partial charge in [0.1, 0.15) is 11.3 Å². The lowest BCUT2D eigenvalue weighted by Gasteiger charge is -2.29. The van der Waals surface area contributed by atoms with Crippen LogP contribution in [0.3, 0.4) is 0 Å². The second-order valence-corrected chi connectivity index (χ2v) is 8.82. The lowest BCUT2D eigenvalue weighted by molar-refractivity contribution is -0.150. The van der Waals surface area contributed by atoms with Gasteiger partial charge in [-0.05, 0) is 44.0 Å². The molecule has 7 nitrogen and oxygen atoms in total. The molecule has 1 aliphatic carbocycles. The maximum absolute atomic E-state index is 12.9. The van der Waals surface area contributed by atoms with E-state index < -0.39 is 21.5 Å². The summed E-state index contributed by atoms with van der Waals surface area (Å²) in [5.74, 6) is -0.240. The van der Waals surface area contributed by atoms with Crippen LogP contribution in [0.15, 0.2) is 29.2 Å². The van der Waals surface area contributed by atoms with E-state index in [1.54, 1.807) is 31.2 Å². The second-order valence-electron chi connectivity index (χ2n) is 7.13. The van der Waals surface area contributed by atoms with Crippen molar-refractivity contribution in [2.75, 3.05) is 24.6 Å². The van der Waals surface area contributed by atoms with Gasteiger partial charge < -0.3 is 9.64 Å². The molecule has 1 saturated heterocycles. The normalized spacial score (nSPS) is 19.9.